The van der Waals surface area contributed by atoms with Crippen LogP contribution in [-0.4, -0.2) is 38.6 Å². The number of benzene rings is 1. The number of nitrogens with zero attached hydrogens (tertiary/aromatic N) is 1. The fourth-order valence-electron chi connectivity index (χ4n) is 3.76. The van der Waals surface area contributed by atoms with Crippen molar-refractivity contribution >= 4 is 11.7 Å². The fraction of sp³-hybridized carbons (Fsp3) is 0.632. The standard InChI is InChI=1S/C19H25NO4/c21-19-17-5-4-16(11-15(17)13-24-19)20-8-6-14(7-9-20)12-23-18-3-1-2-10-22-18/h4-5,11,14,18H,1-3,6-10,12-13H2. The molecule has 1 atom stereocenters. The van der Waals surface area contributed by atoms with E-state index in [1.54, 1.807) is 0 Å². The molecule has 3 heterocycles. The van der Waals surface area contributed by atoms with Gasteiger partial charge in [0.15, 0.2) is 6.29 Å². The summed E-state index contributed by atoms with van der Waals surface area (Å²) in [7, 11) is 0. The molecule has 1 aromatic rings. The first-order chi connectivity index (χ1) is 11.8. The van der Waals surface area contributed by atoms with E-state index in [2.05, 4.69) is 11.0 Å². The van der Waals surface area contributed by atoms with E-state index in [1.807, 2.05) is 12.1 Å². The number of carbonyl (C=O) groups is 1. The highest BCUT2D eigenvalue weighted by Gasteiger charge is 2.25. The maximum absolute atomic E-state index is 11.5. The zero-order valence-electron chi connectivity index (χ0n) is 14.0. The number of fused-ring (bicyclic) bond motifs is 1. The highest BCUT2D eigenvalue weighted by Crippen LogP contribution is 2.29. The first kappa shape index (κ1) is 15.9. The van der Waals surface area contributed by atoms with Gasteiger partial charge >= 0.3 is 5.97 Å². The lowest BCUT2D eigenvalue weighted by Crippen LogP contribution is -2.36. The summed E-state index contributed by atoms with van der Waals surface area (Å²) < 4.78 is 16.7. The Morgan fingerprint density at radius 3 is 2.83 bits per heavy atom. The minimum absolute atomic E-state index is 0.0195. The number of esters is 1. The molecule has 0 aromatic heterocycles. The zero-order valence-corrected chi connectivity index (χ0v) is 14.0. The van der Waals surface area contributed by atoms with Crippen LogP contribution in [0.2, 0.25) is 0 Å². The Hall–Kier alpha value is -1.59. The number of hydrogen-bond donors (Lipinski definition) is 0. The molecule has 0 aliphatic carbocycles. The van der Waals surface area contributed by atoms with Crippen LogP contribution in [0.1, 0.15) is 48.0 Å². The van der Waals surface area contributed by atoms with Crippen LogP contribution in [0.4, 0.5) is 5.69 Å². The van der Waals surface area contributed by atoms with Crippen molar-refractivity contribution in [1.29, 1.82) is 0 Å². The lowest BCUT2D eigenvalue weighted by Gasteiger charge is -2.34. The van der Waals surface area contributed by atoms with Gasteiger partial charge in [-0.2, -0.15) is 0 Å². The first-order valence-electron chi connectivity index (χ1n) is 9.08. The third-order valence-electron chi connectivity index (χ3n) is 5.30. The SMILES string of the molecule is O=C1OCc2cc(N3CCC(COC4CCCCO4)CC3)ccc21. The molecule has 1 unspecified atom stereocenters. The minimum atomic E-state index is -0.197. The van der Waals surface area contributed by atoms with Crippen LogP contribution in [0.5, 0.6) is 0 Å². The van der Waals surface area contributed by atoms with E-state index < -0.39 is 0 Å². The van der Waals surface area contributed by atoms with E-state index in [9.17, 15) is 4.79 Å². The van der Waals surface area contributed by atoms with Gasteiger partial charge in [-0.1, -0.05) is 0 Å². The Kier molecular flexibility index (Phi) is 4.72. The molecule has 0 N–H and O–H groups in total. The molecule has 2 saturated heterocycles. The van der Waals surface area contributed by atoms with Gasteiger partial charge in [-0.25, -0.2) is 4.79 Å². The normalized spacial score (nSPS) is 24.8. The summed E-state index contributed by atoms with van der Waals surface area (Å²) in [5.74, 6) is 0.420. The Labute approximate surface area is 142 Å². The van der Waals surface area contributed by atoms with Crippen LogP contribution in [-0.2, 0) is 20.8 Å². The largest absolute Gasteiger partial charge is 0.457 e. The number of carbonyl (C=O) groups excluding carboxylic acids is 1. The van der Waals surface area contributed by atoms with Crippen molar-refractivity contribution in [3.8, 4) is 0 Å². The zero-order chi connectivity index (χ0) is 16.4. The summed E-state index contributed by atoms with van der Waals surface area (Å²) >= 11 is 0. The van der Waals surface area contributed by atoms with Gasteiger partial charge in [0.2, 0.25) is 0 Å². The van der Waals surface area contributed by atoms with Gasteiger partial charge in [-0.05, 0) is 56.2 Å². The van der Waals surface area contributed by atoms with Gasteiger partial charge in [0.25, 0.3) is 0 Å². The van der Waals surface area contributed by atoms with E-state index in [0.29, 0.717) is 12.5 Å². The molecule has 3 aliphatic heterocycles. The molecule has 130 valence electrons. The summed E-state index contributed by atoms with van der Waals surface area (Å²) in [5, 5.41) is 0. The van der Waals surface area contributed by atoms with Gasteiger partial charge in [0.1, 0.15) is 6.61 Å². The second-order valence-electron chi connectivity index (χ2n) is 6.98. The van der Waals surface area contributed by atoms with Crippen molar-refractivity contribution in [2.75, 3.05) is 31.2 Å². The molecule has 3 aliphatic rings. The van der Waals surface area contributed by atoms with Gasteiger partial charge in [-0.15, -0.1) is 0 Å². The number of anilines is 1. The first-order valence-corrected chi connectivity index (χ1v) is 9.08. The number of piperidine rings is 1. The molecule has 0 radical (unpaired) electrons. The van der Waals surface area contributed by atoms with E-state index in [4.69, 9.17) is 14.2 Å². The summed E-state index contributed by atoms with van der Waals surface area (Å²) in [5.41, 5.74) is 2.92. The maximum Gasteiger partial charge on any atom is 0.338 e. The molecular formula is C19H25NO4. The highest BCUT2D eigenvalue weighted by molar-refractivity contribution is 5.93. The molecule has 24 heavy (non-hydrogen) atoms. The van der Waals surface area contributed by atoms with Crippen LogP contribution in [0.3, 0.4) is 0 Å². The average molecular weight is 331 g/mol. The minimum Gasteiger partial charge on any atom is -0.457 e. The third kappa shape index (κ3) is 3.42. The van der Waals surface area contributed by atoms with Crippen LogP contribution >= 0.6 is 0 Å². The van der Waals surface area contributed by atoms with E-state index in [-0.39, 0.29) is 12.3 Å². The molecule has 0 saturated carbocycles. The highest BCUT2D eigenvalue weighted by atomic mass is 16.7. The summed E-state index contributed by atoms with van der Waals surface area (Å²) in [6.07, 6.45) is 5.71. The van der Waals surface area contributed by atoms with Crippen LogP contribution < -0.4 is 4.90 Å². The Morgan fingerprint density at radius 1 is 1.17 bits per heavy atom. The molecule has 0 spiro atoms. The van der Waals surface area contributed by atoms with Crippen LogP contribution in [0.25, 0.3) is 0 Å². The number of hydrogen-bond acceptors (Lipinski definition) is 5. The molecule has 1 aromatic carbocycles. The third-order valence-corrected chi connectivity index (χ3v) is 5.30. The van der Waals surface area contributed by atoms with E-state index in [1.165, 1.54) is 12.1 Å². The van der Waals surface area contributed by atoms with Crippen molar-refractivity contribution in [2.24, 2.45) is 5.92 Å². The van der Waals surface area contributed by atoms with Crippen molar-refractivity contribution in [3.05, 3.63) is 29.3 Å². The molecule has 5 nitrogen and oxygen atoms in total. The van der Waals surface area contributed by atoms with Crippen LogP contribution in [0.15, 0.2) is 18.2 Å². The number of cyclic esters (lactones) is 1. The lowest BCUT2D eigenvalue weighted by molar-refractivity contribution is -0.169. The summed E-state index contributed by atoms with van der Waals surface area (Å²) in [4.78, 5) is 13.9. The van der Waals surface area contributed by atoms with Gasteiger partial charge in [-0.3, -0.25) is 0 Å². The van der Waals surface area contributed by atoms with Crippen molar-refractivity contribution in [3.63, 3.8) is 0 Å². The topological polar surface area (TPSA) is 48.0 Å². The molecule has 0 bridgehead atoms. The molecule has 2 fully saturated rings. The molecule has 5 heteroatoms. The monoisotopic (exact) mass is 331 g/mol. The fourth-order valence-corrected chi connectivity index (χ4v) is 3.76. The van der Waals surface area contributed by atoms with Gasteiger partial charge in [0, 0.05) is 30.9 Å². The van der Waals surface area contributed by atoms with E-state index in [0.717, 1.165) is 63.1 Å². The second-order valence-corrected chi connectivity index (χ2v) is 6.98. The smallest absolute Gasteiger partial charge is 0.338 e. The Balaban J connectivity index is 1.27. The quantitative estimate of drug-likeness (QED) is 0.794. The van der Waals surface area contributed by atoms with Gasteiger partial charge < -0.3 is 19.1 Å². The predicted molar refractivity (Wildman–Crippen MR) is 90.0 cm³/mol. The Morgan fingerprint density at radius 2 is 2.04 bits per heavy atom. The van der Waals surface area contributed by atoms with E-state index >= 15 is 0 Å². The predicted octanol–water partition coefficient (Wildman–Crippen LogP) is 3.12. The second kappa shape index (κ2) is 7.11. The van der Waals surface area contributed by atoms with Crippen LogP contribution in [0, 0.1) is 5.92 Å². The molecular weight excluding hydrogens is 306 g/mol. The average Bonchev–Trinajstić information content (AvgIpc) is 3.02. The summed E-state index contributed by atoms with van der Waals surface area (Å²) in [6.45, 7) is 4.13. The molecule has 4 rings (SSSR count). The van der Waals surface area contributed by atoms with Gasteiger partial charge in [0.05, 0.1) is 12.2 Å². The lowest BCUT2D eigenvalue weighted by atomic mass is 9.97. The summed E-state index contributed by atoms with van der Waals surface area (Å²) in [6, 6.07) is 6.04. The maximum atomic E-state index is 11.5. The van der Waals surface area contributed by atoms with Crippen molar-refractivity contribution in [2.45, 2.75) is 45.0 Å². The number of rotatable bonds is 4. The number of ether oxygens (including phenoxy) is 3. The Bertz CT molecular complexity index is 589. The molecule has 0 amide bonds. The van der Waals surface area contributed by atoms with Crippen molar-refractivity contribution < 1.29 is 19.0 Å². The van der Waals surface area contributed by atoms with Crippen molar-refractivity contribution in [1.82, 2.24) is 0 Å².